The second-order valence-electron chi connectivity index (χ2n) is 6.65. The number of hydrogen-bond acceptors (Lipinski definition) is 4. The van der Waals surface area contributed by atoms with E-state index in [1.165, 1.54) is 17.7 Å². The lowest BCUT2D eigenvalue weighted by Crippen LogP contribution is -2.52. The van der Waals surface area contributed by atoms with E-state index in [1.54, 1.807) is 0 Å². The summed E-state index contributed by atoms with van der Waals surface area (Å²) in [6.07, 6.45) is 2.37. The molecule has 0 bridgehead atoms. The summed E-state index contributed by atoms with van der Waals surface area (Å²) in [5.41, 5.74) is 0. The number of carbonyl (C=O) groups is 1. The van der Waals surface area contributed by atoms with Crippen LogP contribution in [0.2, 0.25) is 0 Å². The van der Waals surface area contributed by atoms with Gasteiger partial charge in [0.15, 0.2) is 0 Å². The molecule has 3 heterocycles. The fourth-order valence-corrected chi connectivity index (χ4v) is 4.71. The largest absolute Gasteiger partial charge is 0.377 e. The Kier molecular flexibility index (Phi) is 5.56. The van der Waals surface area contributed by atoms with E-state index < -0.39 is 0 Å². The zero-order valence-electron chi connectivity index (χ0n) is 14.0. The highest BCUT2D eigenvalue weighted by molar-refractivity contribution is 7.10. The van der Waals surface area contributed by atoms with E-state index in [4.69, 9.17) is 4.74 Å². The summed E-state index contributed by atoms with van der Waals surface area (Å²) in [5, 5.41) is 5.32. The van der Waals surface area contributed by atoms with Crippen molar-refractivity contribution >= 4 is 17.4 Å². The molecule has 0 radical (unpaired) electrons. The number of carbonyl (C=O) groups excluding carboxylic acids is 1. The van der Waals surface area contributed by atoms with Gasteiger partial charge in [-0.3, -0.25) is 4.90 Å². The highest BCUT2D eigenvalue weighted by Crippen LogP contribution is 2.36. The lowest BCUT2D eigenvalue weighted by Gasteiger charge is -2.39. The Bertz CT molecular complexity index is 508. The minimum absolute atomic E-state index is 0.0546. The molecule has 1 aromatic rings. The molecule has 6 heteroatoms. The lowest BCUT2D eigenvalue weighted by molar-refractivity contribution is 0.0183. The molecule has 2 aliphatic heterocycles. The standard InChI is InChI=1S/C17H27N3O2S/c1-13-12-22-9-8-20(13)17(21)18-11-14-5-3-7-19(2)16(14)15-6-4-10-23-15/h4,6,10,13-14,16H,3,5,7-9,11-12H2,1-2H3,(H,18,21)/t13-,14-,16+/m1/s1. The van der Waals surface area contributed by atoms with Gasteiger partial charge in [0.2, 0.25) is 0 Å². The van der Waals surface area contributed by atoms with Crippen LogP contribution in [0.3, 0.4) is 0 Å². The van der Waals surface area contributed by atoms with Gasteiger partial charge in [-0.05, 0) is 50.7 Å². The smallest absolute Gasteiger partial charge is 0.317 e. The van der Waals surface area contributed by atoms with Crippen LogP contribution >= 0.6 is 11.3 Å². The number of nitrogens with one attached hydrogen (secondary N) is 1. The molecule has 0 spiro atoms. The summed E-state index contributed by atoms with van der Waals surface area (Å²) in [7, 11) is 2.20. The van der Waals surface area contributed by atoms with Gasteiger partial charge in [0.1, 0.15) is 0 Å². The van der Waals surface area contributed by atoms with E-state index in [0.29, 0.717) is 31.7 Å². The SMILES string of the molecule is C[C@@H]1COCCN1C(=O)NC[C@H]1CCCN(C)[C@@H]1c1cccs1. The third-order valence-corrected chi connectivity index (χ3v) is 5.93. The van der Waals surface area contributed by atoms with Gasteiger partial charge in [-0.25, -0.2) is 4.79 Å². The molecule has 0 unspecified atom stereocenters. The quantitative estimate of drug-likeness (QED) is 0.922. The number of urea groups is 1. The summed E-state index contributed by atoms with van der Waals surface area (Å²) in [4.78, 5) is 18.2. The summed E-state index contributed by atoms with van der Waals surface area (Å²) < 4.78 is 5.41. The van der Waals surface area contributed by atoms with Crippen molar-refractivity contribution in [1.29, 1.82) is 0 Å². The van der Waals surface area contributed by atoms with Gasteiger partial charge in [0, 0.05) is 24.0 Å². The molecule has 5 nitrogen and oxygen atoms in total. The average Bonchev–Trinajstić information content (AvgIpc) is 3.07. The second-order valence-corrected chi connectivity index (χ2v) is 7.63. The fraction of sp³-hybridized carbons (Fsp3) is 0.706. The summed E-state index contributed by atoms with van der Waals surface area (Å²) in [6, 6.07) is 4.97. The topological polar surface area (TPSA) is 44.8 Å². The maximum atomic E-state index is 12.5. The van der Waals surface area contributed by atoms with E-state index >= 15 is 0 Å². The monoisotopic (exact) mass is 337 g/mol. The first-order chi connectivity index (χ1) is 11.2. The van der Waals surface area contributed by atoms with Gasteiger partial charge < -0.3 is 15.0 Å². The van der Waals surface area contributed by atoms with E-state index in [9.17, 15) is 4.79 Å². The van der Waals surface area contributed by atoms with Crippen LogP contribution in [-0.4, -0.2) is 61.8 Å². The van der Waals surface area contributed by atoms with Gasteiger partial charge >= 0.3 is 6.03 Å². The summed E-state index contributed by atoms with van der Waals surface area (Å²) in [6.45, 7) is 5.88. The molecule has 2 saturated heterocycles. The first kappa shape index (κ1) is 16.7. The third kappa shape index (κ3) is 3.87. The number of nitrogens with zero attached hydrogens (tertiary/aromatic N) is 2. The minimum atomic E-state index is 0.0546. The molecule has 1 N–H and O–H groups in total. The predicted octanol–water partition coefficient (Wildman–Crippen LogP) is 2.56. The molecule has 23 heavy (non-hydrogen) atoms. The molecule has 0 aromatic carbocycles. The molecule has 3 rings (SSSR count). The summed E-state index contributed by atoms with van der Waals surface area (Å²) >= 11 is 1.82. The number of hydrogen-bond donors (Lipinski definition) is 1. The predicted molar refractivity (Wildman–Crippen MR) is 92.8 cm³/mol. The van der Waals surface area contributed by atoms with Crippen molar-refractivity contribution < 1.29 is 9.53 Å². The Labute approximate surface area is 142 Å². The van der Waals surface area contributed by atoms with Crippen molar-refractivity contribution in [3.63, 3.8) is 0 Å². The molecule has 2 aliphatic rings. The van der Waals surface area contributed by atoms with Crippen LogP contribution in [-0.2, 0) is 4.74 Å². The molecule has 1 aromatic heterocycles. The molecule has 0 saturated carbocycles. The van der Waals surface area contributed by atoms with Crippen LogP contribution < -0.4 is 5.32 Å². The molecular formula is C17H27N3O2S. The van der Waals surface area contributed by atoms with Crippen LogP contribution in [0, 0.1) is 5.92 Å². The average molecular weight is 337 g/mol. The van der Waals surface area contributed by atoms with E-state index in [1.807, 2.05) is 23.2 Å². The molecule has 0 aliphatic carbocycles. The van der Waals surface area contributed by atoms with Gasteiger partial charge in [-0.1, -0.05) is 6.07 Å². The van der Waals surface area contributed by atoms with Crippen molar-refractivity contribution in [1.82, 2.24) is 15.1 Å². The molecule has 128 valence electrons. The van der Waals surface area contributed by atoms with Crippen LogP contribution in [0.5, 0.6) is 0 Å². The van der Waals surface area contributed by atoms with Crippen molar-refractivity contribution in [3.8, 4) is 0 Å². The number of morpholine rings is 1. The van der Waals surface area contributed by atoms with E-state index in [-0.39, 0.29) is 12.1 Å². The van der Waals surface area contributed by atoms with Crippen LogP contribution in [0.25, 0.3) is 0 Å². The van der Waals surface area contributed by atoms with E-state index in [0.717, 1.165) is 13.1 Å². The van der Waals surface area contributed by atoms with Gasteiger partial charge in [-0.15, -0.1) is 11.3 Å². The first-order valence-corrected chi connectivity index (χ1v) is 9.40. The number of thiophene rings is 1. The maximum absolute atomic E-state index is 12.5. The van der Waals surface area contributed by atoms with Crippen LogP contribution in [0.15, 0.2) is 17.5 Å². The number of piperidine rings is 1. The Balaban J connectivity index is 1.60. The number of amides is 2. The molecule has 2 amide bonds. The normalized spacial score (nSPS) is 29.5. The Morgan fingerprint density at radius 2 is 2.35 bits per heavy atom. The number of ether oxygens (including phenoxy) is 1. The number of rotatable bonds is 3. The van der Waals surface area contributed by atoms with Crippen molar-refractivity contribution in [2.45, 2.75) is 31.8 Å². The third-order valence-electron chi connectivity index (χ3n) is 4.99. The minimum Gasteiger partial charge on any atom is -0.377 e. The van der Waals surface area contributed by atoms with Gasteiger partial charge in [0.05, 0.1) is 19.3 Å². The van der Waals surface area contributed by atoms with Crippen LogP contribution in [0.4, 0.5) is 4.79 Å². The van der Waals surface area contributed by atoms with E-state index in [2.05, 4.69) is 34.8 Å². The lowest BCUT2D eigenvalue weighted by atomic mass is 9.88. The number of likely N-dealkylation sites (tertiary alicyclic amines) is 1. The molecule has 3 atom stereocenters. The summed E-state index contributed by atoms with van der Waals surface area (Å²) in [5.74, 6) is 0.479. The second kappa shape index (κ2) is 7.64. The zero-order valence-corrected chi connectivity index (χ0v) is 14.8. The van der Waals surface area contributed by atoms with Gasteiger partial charge in [-0.2, -0.15) is 0 Å². The zero-order chi connectivity index (χ0) is 16.2. The highest BCUT2D eigenvalue weighted by Gasteiger charge is 2.32. The van der Waals surface area contributed by atoms with Crippen LogP contribution in [0.1, 0.15) is 30.7 Å². The fourth-order valence-electron chi connectivity index (χ4n) is 3.73. The Morgan fingerprint density at radius 1 is 1.48 bits per heavy atom. The Hall–Kier alpha value is -1.11. The first-order valence-electron chi connectivity index (χ1n) is 8.52. The Morgan fingerprint density at radius 3 is 3.09 bits per heavy atom. The molecular weight excluding hydrogens is 310 g/mol. The van der Waals surface area contributed by atoms with Crippen molar-refractivity contribution in [2.75, 3.05) is 39.9 Å². The van der Waals surface area contributed by atoms with Crippen molar-refractivity contribution in [2.24, 2.45) is 5.92 Å². The highest BCUT2D eigenvalue weighted by atomic mass is 32.1. The maximum Gasteiger partial charge on any atom is 0.317 e. The van der Waals surface area contributed by atoms with Gasteiger partial charge in [0.25, 0.3) is 0 Å². The van der Waals surface area contributed by atoms with Crippen molar-refractivity contribution in [3.05, 3.63) is 22.4 Å². The molecule has 2 fully saturated rings.